The molecule has 8 heteroatoms. The molecule has 3 atom stereocenters. The van der Waals surface area contributed by atoms with Gasteiger partial charge in [-0.2, -0.15) is 13.2 Å². The van der Waals surface area contributed by atoms with Crippen molar-refractivity contribution in [3.8, 4) is 0 Å². The van der Waals surface area contributed by atoms with Gasteiger partial charge in [-0.05, 0) is 42.9 Å². The molecule has 3 unspecified atom stereocenters. The summed E-state index contributed by atoms with van der Waals surface area (Å²) in [5.74, 6) is 0.501. The van der Waals surface area contributed by atoms with Gasteiger partial charge in [-0.1, -0.05) is 18.6 Å². The molecule has 148 valence electrons. The van der Waals surface area contributed by atoms with Crippen molar-refractivity contribution in [1.29, 1.82) is 0 Å². The molecule has 4 N–H and O–H groups in total. The highest BCUT2D eigenvalue weighted by atomic mass is 19.4. The highest BCUT2D eigenvalue weighted by Crippen LogP contribution is 2.43. The van der Waals surface area contributed by atoms with E-state index in [9.17, 15) is 18.3 Å². The molecule has 2 fully saturated rings. The van der Waals surface area contributed by atoms with E-state index in [2.05, 4.69) is 16.3 Å². The Morgan fingerprint density at radius 2 is 1.85 bits per heavy atom. The van der Waals surface area contributed by atoms with Crippen LogP contribution in [0.15, 0.2) is 36.2 Å². The van der Waals surface area contributed by atoms with Gasteiger partial charge in [0.1, 0.15) is 0 Å². The maximum absolute atomic E-state index is 12.9. The molecular weight excluding hydrogens is 357 g/mol. The highest BCUT2D eigenvalue weighted by molar-refractivity contribution is 5.31. The Morgan fingerprint density at radius 3 is 2.37 bits per heavy atom. The quantitative estimate of drug-likeness (QED) is 0.648. The summed E-state index contributed by atoms with van der Waals surface area (Å²) in [6.45, 7) is 0. The van der Waals surface area contributed by atoms with Gasteiger partial charge < -0.3 is 15.8 Å². The lowest BCUT2D eigenvalue weighted by molar-refractivity contribution is -0.137. The molecule has 0 radical (unpaired) electrons. The minimum atomic E-state index is -4.37. The summed E-state index contributed by atoms with van der Waals surface area (Å²) < 4.78 is 38.6. The van der Waals surface area contributed by atoms with Crippen LogP contribution in [0.4, 0.5) is 13.2 Å². The smallest absolute Gasteiger partial charge is 0.385 e. The van der Waals surface area contributed by atoms with Gasteiger partial charge in [-0.3, -0.25) is 5.01 Å². The van der Waals surface area contributed by atoms with E-state index in [4.69, 9.17) is 0 Å². The summed E-state index contributed by atoms with van der Waals surface area (Å²) >= 11 is 0. The van der Waals surface area contributed by atoms with Gasteiger partial charge in [0.2, 0.25) is 0 Å². The van der Waals surface area contributed by atoms with Crippen LogP contribution in [0.2, 0.25) is 0 Å². The molecule has 1 saturated heterocycles. The Balaban J connectivity index is 1.61. The third kappa shape index (κ3) is 3.66. The Kier molecular flexibility index (Phi) is 4.60. The molecule has 5 nitrogen and oxygen atoms in total. The van der Waals surface area contributed by atoms with E-state index in [1.165, 1.54) is 18.6 Å². The molecule has 1 aromatic rings. The van der Waals surface area contributed by atoms with Crippen molar-refractivity contribution in [2.45, 2.75) is 56.0 Å². The van der Waals surface area contributed by atoms with Crippen molar-refractivity contribution in [3.05, 3.63) is 47.3 Å². The largest absolute Gasteiger partial charge is 0.416 e. The molecule has 1 aromatic carbocycles. The van der Waals surface area contributed by atoms with Gasteiger partial charge >= 0.3 is 6.18 Å². The molecule has 0 bridgehead atoms. The Labute approximate surface area is 156 Å². The van der Waals surface area contributed by atoms with Crippen LogP contribution in [0.3, 0.4) is 0 Å². The lowest BCUT2D eigenvalue weighted by Crippen LogP contribution is -2.57. The summed E-state index contributed by atoms with van der Waals surface area (Å²) in [5, 5.41) is 16.9. The van der Waals surface area contributed by atoms with Crippen LogP contribution in [0.5, 0.6) is 0 Å². The number of aliphatic hydroxyl groups is 1. The second-order valence-corrected chi connectivity index (χ2v) is 7.96. The van der Waals surface area contributed by atoms with Gasteiger partial charge in [0, 0.05) is 25.7 Å². The second-order valence-electron chi connectivity index (χ2n) is 7.96. The Hall–Kier alpha value is -1.77. The Bertz CT molecular complexity index is 717. The maximum Gasteiger partial charge on any atom is 0.416 e. The van der Waals surface area contributed by atoms with Crippen LogP contribution in [0.1, 0.15) is 43.2 Å². The highest BCUT2D eigenvalue weighted by Gasteiger charge is 2.45. The number of hydrogen-bond donors (Lipinski definition) is 4. The zero-order valence-electron chi connectivity index (χ0n) is 15.2. The van der Waals surface area contributed by atoms with E-state index < -0.39 is 17.3 Å². The lowest BCUT2D eigenvalue weighted by atomic mass is 9.70. The number of hydrogen-bond acceptors (Lipinski definition) is 5. The maximum atomic E-state index is 12.9. The van der Waals surface area contributed by atoms with Crippen LogP contribution < -0.4 is 16.3 Å². The van der Waals surface area contributed by atoms with Gasteiger partial charge in [0.25, 0.3) is 0 Å². The first-order valence-corrected chi connectivity index (χ1v) is 9.37. The van der Waals surface area contributed by atoms with Crippen LogP contribution in [0.25, 0.3) is 0 Å². The summed E-state index contributed by atoms with van der Waals surface area (Å²) in [7, 11) is 1.87. The zero-order valence-corrected chi connectivity index (χ0v) is 15.2. The van der Waals surface area contributed by atoms with E-state index in [1.54, 1.807) is 5.01 Å². The number of alkyl halides is 3. The monoisotopic (exact) mass is 382 g/mol. The van der Waals surface area contributed by atoms with E-state index in [1.807, 2.05) is 13.2 Å². The molecule has 0 amide bonds. The average Bonchev–Trinajstić information content (AvgIpc) is 2.99. The number of nitrogens with zero attached hydrogens (tertiary/aromatic N) is 1. The molecule has 2 heterocycles. The molecule has 27 heavy (non-hydrogen) atoms. The fourth-order valence-corrected chi connectivity index (χ4v) is 4.31. The number of halogens is 3. The summed E-state index contributed by atoms with van der Waals surface area (Å²) in [4.78, 5) is 0. The summed E-state index contributed by atoms with van der Waals surface area (Å²) in [6, 6.07) is 5.00. The second kappa shape index (κ2) is 6.68. The normalized spacial score (nSPS) is 32.0. The van der Waals surface area contributed by atoms with Crippen molar-refractivity contribution in [2.24, 2.45) is 5.92 Å². The van der Waals surface area contributed by atoms with Crippen molar-refractivity contribution >= 4 is 0 Å². The van der Waals surface area contributed by atoms with E-state index >= 15 is 0 Å². The first kappa shape index (κ1) is 18.6. The topological polar surface area (TPSA) is 59.6 Å². The average molecular weight is 382 g/mol. The van der Waals surface area contributed by atoms with Crippen molar-refractivity contribution in [3.63, 3.8) is 0 Å². The molecule has 2 aliphatic heterocycles. The number of hydrazine groups is 2. The standard InChI is InChI=1S/C19H25F3N4O/c1-26-11-17(24-25-26)16-10-18(27,9-15(23-16)12-3-2-4-12)13-5-7-14(8-6-13)19(20,21)22/h5-8,11-12,15-16,23-25,27H,2-4,9-10H2,1H3. The summed E-state index contributed by atoms with van der Waals surface area (Å²) in [5.41, 5.74) is 5.69. The molecule has 0 spiro atoms. The zero-order chi connectivity index (χ0) is 19.2. The molecule has 1 aliphatic carbocycles. The number of rotatable bonds is 3. The number of benzene rings is 1. The molecule has 0 aromatic heterocycles. The predicted molar refractivity (Wildman–Crippen MR) is 94.7 cm³/mol. The first-order valence-electron chi connectivity index (χ1n) is 9.37. The third-order valence-electron chi connectivity index (χ3n) is 6.07. The van der Waals surface area contributed by atoms with Gasteiger partial charge in [-0.15, -0.1) is 5.53 Å². The van der Waals surface area contributed by atoms with Gasteiger partial charge in [0.15, 0.2) is 0 Å². The van der Waals surface area contributed by atoms with Crippen LogP contribution in [-0.2, 0) is 11.8 Å². The first-order chi connectivity index (χ1) is 12.7. The number of piperidine rings is 1. The van der Waals surface area contributed by atoms with E-state index in [0.29, 0.717) is 24.3 Å². The molecule has 4 rings (SSSR count). The van der Waals surface area contributed by atoms with E-state index in [-0.39, 0.29) is 12.1 Å². The lowest BCUT2D eigenvalue weighted by Gasteiger charge is -2.47. The molecular formula is C19H25F3N4O. The SMILES string of the molecule is CN1C=C(C2CC(O)(c3ccc(C(F)(F)F)cc3)CC(C3CCC3)N2)NN1. The predicted octanol–water partition coefficient (Wildman–Crippen LogP) is 2.61. The van der Waals surface area contributed by atoms with Crippen LogP contribution >= 0.6 is 0 Å². The third-order valence-corrected chi connectivity index (χ3v) is 6.07. The Morgan fingerprint density at radius 1 is 1.15 bits per heavy atom. The molecule has 1 saturated carbocycles. The van der Waals surface area contributed by atoms with Crippen molar-refractivity contribution in [1.82, 2.24) is 21.3 Å². The van der Waals surface area contributed by atoms with Crippen molar-refractivity contribution in [2.75, 3.05) is 7.05 Å². The molecule has 3 aliphatic rings. The van der Waals surface area contributed by atoms with Crippen LogP contribution in [-0.4, -0.2) is 29.2 Å². The van der Waals surface area contributed by atoms with E-state index in [0.717, 1.165) is 30.7 Å². The minimum absolute atomic E-state index is 0.103. The number of nitrogens with one attached hydrogen (secondary N) is 3. The van der Waals surface area contributed by atoms with Gasteiger partial charge in [0.05, 0.1) is 22.9 Å². The van der Waals surface area contributed by atoms with Crippen LogP contribution in [0, 0.1) is 5.92 Å². The fourth-order valence-electron chi connectivity index (χ4n) is 4.31. The summed E-state index contributed by atoms with van der Waals surface area (Å²) in [6.07, 6.45) is 1.90. The van der Waals surface area contributed by atoms with Gasteiger partial charge in [-0.25, -0.2) is 0 Å². The van der Waals surface area contributed by atoms with Crippen molar-refractivity contribution < 1.29 is 18.3 Å². The minimum Gasteiger partial charge on any atom is -0.385 e. The fraction of sp³-hybridized carbons (Fsp3) is 0.579.